The Balaban J connectivity index is 2.02. The number of rotatable bonds is 7. The minimum atomic E-state index is -3.43. The molecule has 1 aromatic carbocycles. The van der Waals surface area contributed by atoms with Crippen LogP contribution in [0.3, 0.4) is 0 Å². The van der Waals surface area contributed by atoms with E-state index in [1.165, 1.54) is 4.31 Å². The predicted octanol–water partition coefficient (Wildman–Crippen LogP) is 1.20. The van der Waals surface area contributed by atoms with Gasteiger partial charge in [0.15, 0.2) is 0 Å². The third-order valence-corrected chi connectivity index (χ3v) is 6.61. The molecule has 1 atom stereocenters. The van der Waals surface area contributed by atoms with Gasteiger partial charge in [0, 0.05) is 17.9 Å². The van der Waals surface area contributed by atoms with Crippen LogP contribution in [-0.4, -0.2) is 51.6 Å². The molecule has 10 heteroatoms. The molecule has 0 saturated carbocycles. The van der Waals surface area contributed by atoms with E-state index in [1.54, 1.807) is 31.2 Å². The minimum Gasteiger partial charge on any atom is -0.325 e. The molecule has 25 heavy (non-hydrogen) atoms. The van der Waals surface area contributed by atoms with Crippen LogP contribution in [0.25, 0.3) is 0 Å². The van der Waals surface area contributed by atoms with Gasteiger partial charge in [0.25, 0.3) is 0 Å². The molecule has 8 nitrogen and oxygen atoms in total. The summed E-state index contributed by atoms with van der Waals surface area (Å²) in [5, 5.41) is 2.68. The van der Waals surface area contributed by atoms with E-state index in [2.05, 4.69) is 10.0 Å². The first-order valence-electron chi connectivity index (χ1n) is 8.00. The number of anilines is 2. The predicted molar refractivity (Wildman–Crippen MR) is 97.3 cm³/mol. The summed E-state index contributed by atoms with van der Waals surface area (Å²) in [7, 11) is -6.79. The second-order valence-corrected chi connectivity index (χ2v) is 9.80. The van der Waals surface area contributed by atoms with Crippen LogP contribution < -0.4 is 10.0 Å². The Kier molecular flexibility index (Phi) is 6.07. The zero-order valence-electron chi connectivity index (χ0n) is 14.2. The maximum atomic E-state index is 12.3. The first kappa shape index (κ1) is 19.7. The van der Waals surface area contributed by atoms with Crippen LogP contribution in [0.1, 0.15) is 26.2 Å². The fourth-order valence-electron chi connectivity index (χ4n) is 2.75. The number of sulfonamides is 2. The van der Waals surface area contributed by atoms with Gasteiger partial charge >= 0.3 is 0 Å². The zero-order chi connectivity index (χ0) is 18.7. The molecule has 0 radical (unpaired) electrons. The summed E-state index contributed by atoms with van der Waals surface area (Å²) in [6.07, 6.45) is 2.73. The number of nitrogens with one attached hydrogen (secondary N) is 2. The normalized spacial score (nSPS) is 18.9. The van der Waals surface area contributed by atoms with E-state index in [9.17, 15) is 21.6 Å². The smallest absolute Gasteiger partial charge is 0.242 e. The summed E-state index contributed by atoms with van der Waals surface area (Å²) < 4.78 is 50.5. The van der Waals surface area contributed by atoms with Crippen molar-refractivity contribution in [2.24, 2.45) is 0 Å². The van der Waals surface area contributed by atoms with Crippen molar-refractivity contribution in [3.05, 3.63) is 24.3 Å². The highest BCUT2D eigenvalue weighted by atomic mass is 32.2. The van der Waals surface area contributed by atoms with E-state index in [4.69, 9.17) is 0 Å². The Bertz CT molecular complexity index is 819. The van der Waals surface area contributed by atoms with E-state index in [0.29, 0.717) is 37.2 Å². The molecule has 1 fully saturated rings. The molecule has 0 aromatic heterocycles. The average molecular weight is 389 g/mol. The van der Waals surface area contributed by atoms with Crippen molar-refractivity contribution in [1.29, 1.82) is 0 Å². The van der Waals surface area contributed by atoms with Crippen LogP contribution in [0.5, 0.6) is 0 Å². The fourth-order valence-corrected chi connectivity index (χ4v) is 5.00. The van der Waals surface area contributed by atoms with Crippen LogP contribution in [0.2, 0.25) is 0 Å². The maximum Gasteiger partial charge on any atom is 0.242 e. The van der Waals surface area contributed by atoms with Gasteiger partial charge in [-0.15, -0.1) is 0 Å². The largest absolute Gasteiger partial charge is 0.325 e. The Hall–Kier alpha value is -1.65. The molecule has 1 saturated heterocycles. The summed E-state index contributed by atoms with van der Waals surface area (Å²) >= 11 is 0. The lowest BCUT2D eigenvalue weighted by atomic mass is 10.2. The summed E-state index contributed by atoms with van der Waals surface area (Å²) in [6.45, 7) is 2.12. The van der Waals surface area contributed by atoms with E-state index >= 15 is 0 Å². The van der Waals surface area contributed by atoms with Crippen molar-refractivity contribution in [2.45, 2.75) is 32.2 Å². The van der Waals surface area contributed by atoms with Gasteiger partial charge in [0.2, 0.25) is 26.0 Å². The Morgan fingerprint density at radius 1 is 1.16 bits per heavy atom. The molecule has 1 heterocycles. The number of carbonyl (C=O) groups is 1. The molecule has 0 spiro atoms. The van der Waals surface area contributed by atoms with E-state index < -0.39 is 26.1 Å². The number of hydrogen-bond donors (Lipinski definition) is 2. The molecule has 2 N–H and O–H groups in total. The molecule has 1 unspecified atom stereocenters. The summed E-state index contributed by atoms with van der Waals surface area (Å²) in [6, 6.07) is 5.53. The van der Waals surface area contributed by atoms with Gasteiger partial charge in [-0.3, -0.25) is 9.52 Å². The topological polar surface area (TPSA) is 113 Å². The highest BCUT2D eigenvalue weighted by Crippen LogP contribution is 2.22. The van der Waals surface area contributed by atoms with Gasteiger partial charge in [0.05, 0.1) is 12.0 Å². The van der Waals surface area contributed by atoms with Crippen molar-refractivity contribution in [3.63, 3.8) is 0 Å². The monoisotopic (exact) mass is 389 g/mol. The number of amides is 1. The quantitative estimate of drug-likeness (QED) is 0.728. The van der Waals surface area contributed by atoms with Crippen LogP contribution >= 0.6 is 0 Å². The highest BCUT2D eigenvalue weighted by molar-refractivity contribution is 7.92. The SMILES string of the molecule is CCCS(=O)(=O)Nc1ccc(NC(=O)C2CCCN2S(C)(=O)=O)cc1. The van der Waals surface area contributed by atoms with Crippen molar-refractivity contribution in [2.75, 3.05) is 28.6 Å². The highest BCUT2D eigenvalue weighted by Gasteiger charge is 2.36. The fraction of sp³-hybridized carbons (Fsp3) is 0.533. The molecule has 0 aliphatic carbocycles. The van der Waals surface area contributed by atoms with Gasteiger partial charge in [-0.1, -0.05) is 6.92 Å². The summed E-state index contributed by atoms with van der Waals surface area (Å²) in [4.78, 5) is 12.3. The number of benzene rings is 1. The molecule has 1 amide bonds. The van der Waals surface area contributed by atoms with Crippen molar-refractivity contribution in [3.8, 4) is 0 Å². The molecule has 140 valence electrons. The molecular weight excluding hydrogens is 366 g/mol. The lowest BCUT2D eigenvalue weighted by Gasteiger charge is -2.21. The van der Waals surface area contributed by atoms with Gasteiger partial charge in [-0.25, -0.2) is 16.8 Å². The molecule has 1 aliphatic heterocycles. The number of hydrogen-bond acceptors (Lipinski definition) is 5. The summed E-state index contributed by atoms with van der Waals surface area (Å²) in [5.74, 6) is -0.351. The standard InChI is InChI=1S/C15H23N3O5S2/c1-3-11-25(22,23)17-13-8-6-12(7-9-13)16-15(19)14-5-4-10-18(14)24(2,20)21/h6-9,14,17H,3-5,10-11H2,1-2H3,(H,16,19). The van der Waals surface area contributed by atoms with Crippen LogP contribution in [0, 0.1) is 0 Å². The van der Waals surface area contributed by atoms with Crippen molar-refractivity contribution in [1.82, 2.24) is 4.31 Å². The molecule has 0 bridgehead atoms. The minimum absolute atomic E-state index is 0.0362. The van der Waals surface area contributed by atoms with E-state index in [1.807, 2.05) is 0 Å². The van der Waals surface area contributed by atoms with Gasteiger partial charge in [-0.05, 0) is 43.5 Å². The Morgan fingerprint density at radius 2 is 1.76 bits per heavy atom. The van der Waals surface area contributed by atoms with Crippen LogP contribution in [-0.2, 0) is 24.8 Å². The number of carbonyl (C=O) groups excluding carboxylic acids is 1. The molecule has 1 aromatic rings. The third-order valence-electron chi connectivity index (χ3n) is 3.83. The molecule has 2 rings (SSSR count). The van der Waals surface area contributed by atoms with E-state index in [0.717, 1.165) is 6.26 Å². The lowest BCUT2D eigenvalue weighted by molar-refractivity contribution is -0.119. The number of nitrogens with zero attached hydrogens (tertiary/aromatic N) is 1. The van der Waals surface area contributed by atoms with Gasteiger partial charge in [0.1, 0.15) is 6.04 Å². The second-order valence-electron chi connectivity index (χ2n) is 6.02. The third kappa shape index (κ3) is 5.41. The Morgan fingerprint density at radius 3 is 2.32 bits per heavy atom. The average Bonchev–Trinajstić information content (AvgIpc) is 2.98. The lowest BCUT2D eigenvalue weighted by Crippen LogP contribution is -2.42. The first-order valence-corrected chi connectivity index (χ1v) is 11.5. The van der Waals surface area contributed by atoms with Crippen molar-refractivity contribution >= 4 is 37.3 Å². The van der Waals surface area contributed by atoms with Crippen LogP contribution in [0.4, 0.5) is 11.4 Å². The van der Waals surface area contributed by atoms with Gasteiger partial charge in [-0.2, -0.15) is 4.31 Å². The van der Waals surface area contributed by atoms with E-state index in [-0.39, 0.29) is 11.7 Å². The van der Waals surface area contributed by atoms with Gasteiger partial charge < -0.3 is 5.32 Å². The first-order chi connectivity index (χ1) is 11.6. The molecular formula is C15H23N3O5S2. The Labute approximate surface area is 148 Å². The summed E-state index contributed by atoms with van der Waals surface area (Å²) in [5.41, 5.74) is 0.883. The second kappa shape index (κ2) is 7.71. The van der Waals surface area contributed by atoms with Crippen molar-refractivity contribution < 1.29 is 21.6 Å². The van der Waals surface area contributed by atoms with Crippen LogP contribution in [0.15, 0.2) is 24.3 Å². The zero-order valence-corrected chi connectivity index (χ0v) is 15.9. The maximum absolute atomic E-state index is 12.3. The molecule has 1 aliphatic rings.